The smallest absolute Gasteiger partial charge is 0.328 e. The maximum Gasteiger partial charge on any atom is 0.328 e. The summed E-state index contributed by atoms with van der Waals surface area (Å²) < 4.78 is 0. The molecule has 0 saturated carbocycles. The molecular formula is C7H9N3O6. The van der Waals surface area contributed by atoms with Crippen molar-refractivity contribution in [2.75, 3.05) is 13.2 Å². The van der Waals surface area contributed by atoms with Crippen molar-refractivity contribution in [2.45, 2.75) is 0 Å². The number of carbonyl (C=O) groups is 3. The third-order valence-corrected chi connectivity index (χ3v) is 2.13. The van der Waals surface area contributed by atoms with Crippen LogP contribution in [0.3, 0.4) is 0 Å². The van der Waals surface area contributed by atoms with E-state index in [0.29, 0.717) is 0 Å². The summed E-state index contributed by atoms with van der Waals surface area (Å²) in [5.41, 5.74) is 0. The van der Waals surface area contributed by atoms with Gasteiger partial charge >= 0.3 is 6.03 Å². The van der Waals surface area contributed by atoms with Crippen LogP contribution < -0.4 is 10.6 Å². The zero-order valence-corrected chi connectivity index (χ0v) is 8.00. The van der Waals surface area contributed by atoms with Crippen LogP contribution >= 0.6 is 0 Å². The third-order valence-electron chi connectivity index (χ3n) is 2.13. The summed E-state index contributed by atoms with van der Waals surface area (Å²) in [6.45, 7) is -1.42. The fourth-order valence-electron chi connectivity index (χ4n) is 1.42. The largest absolute Gasteiger partial charge is 0.396 e. The molecular weight excluding hydrogens is 222 g/mol. The number of nitrogens with one attached hydrogen (secondary N) is 2. The summed E-state index contributed by atoms with van der Waals surface area (Å²) in [6.07, 6.45) is 0. The second kappa shape index (κ2) is 4.66. The highest BCUT2D eigenvalue weighted by Gasteiger charge is 2.41. The van der Waals surface area contributed by atoms with Crippen LogP contribution in [-0.2, 0) is 9.59 Å². The monoisotopic (exact) mass is 231 g/mol. The van der Waals surface area contributed by atoms with Crippen LogP contribution in [0.1, 0.15) is 0 Å². The Morgan fingerprint density at radius 1 is 1.31 bits per heavy atom. The molecule has 1 saturated heterocycles. The van der Waals surface area contributed by atoms with Crippen molar-refractivity contribution in [3.8, 4) is 0 Å². The number of aliphatic hydroxyl groups excluding tert-OH is 1. The Bertz CT molecular complexity index is 334. The SMILES string of the molecule is O=C1NC(=O)C(C(CO)C[N+](=O)[O-])C(=O)N1. The van der Waals surface area contributed by atoms with Gasteiger partial charge in [-0.15, -0.1) is 0 Å². The van der Waals surface area contributed by atoms with Gasteiger partial charge in [0.2, 0.25) is 18.4 Å². The van der Waals surface area contributed by atoms with Crippen molar-refractivity contribution in [1.82, 2.24) is 10.6 Å². The number of rotatable bonds is 4. The van der Waals surface area contributed by atoms with Crippen molar-refractivity contribution in [3.05, 3.63) is 10.1 Å². The lowest BCUT2D eigenvalue weighted by Gasteiger charge is -2.24. The molecule has 1 fully saturated rings. The van der Waals surface area contributed by atoms with Gasteiger partial charge in [0.05, 0.1) is 12.5 Å². The fraction of sp³-hybridized carbons (Fsp3) is 0.571. The highest BCUT2D eigenvalue weighted by Crippen LogP contribution is 2.15. The van der Waals surface area contributed by atoms with E-state index in [1.165, 1.54) is 0 Å². The van der Waals surface area contributed by atoms with E-state index in [1.807, 2.05) is 0 Å². The Labute approximate surface area is 89.0 Å². The van der Waals surface area contributed by atoms with E-state index in [1.54, 1.807) is 10.6 Å². The van der Waals surface area contributed by atoms with Crippen molar-refractivity contribution in [2.24, 2.45) is 11.8 Å². The lowest BCUT2D eigenvalue weighted by atomic mass is 9.90. The van der Waals surface area contributed by atoms with Crippen molar-refractivity contribution >= 4 is 17.8 Å². The second-order valence-corrected chi connectivity index (χ2v) is 3.24. The van der Waals surface area contributed by atoms with Gasteiger partial charge in [0.25, 0.3) is 0 Å². The first-order chi connectivity index (χ1) is 7.45. The molecule has 1 unspecified atom stereocenters. The lowest BCUT2D eigenvalue weighted by molar-refractivity contribution is -0.489. The average Bonchev–Trinajstić information content (AvgIpc) is 2.13. The number of nitro groups is 1. The molecule has 1 aliphatic rings. The molecule has 9 heteroatoms. The minimum atomic E-state index is -1.42. The van der Waals surface area contributed by atoms with Gasteiger partial charge in [-0.05, 0) is 0 Å². The first kappa shape index (κ1) is 12.0. The number of nitrogens with zero attached hydrogens (tertiary/aromatic N) is 1. The number of barbiturate groups is 1. The molecule has 0 aromatic carbocycles. The number of urea groups is 1. The van der Waals surface area contributed by atoms with Gasteiger partial charge < -0.3 is 5.11 Å². The summed E-state index contributed by atoms with van der Waals surface area (Å²) in [6, 6.07) is -0.968. The number of imide groups is 2. The topological polar surface area (TPSA) is 139 Å². The van der Waals surface area contributed by atoms with Crippen LogP contribution in [0.2, 0.25) is 0 Å². The zero-order valence-electron chi connectivity index (χ0n) is 8.00. The maximum atomic E-state index is 11.3. The molecule has 1 heterocycles. The zero-order chi connectivity index (χ0) is 12.3. The van der Waals surface area contributed by atoms with Gasteiger partial charge in [-0.3, -0.25) is 30.3 Å². The van der Waals surface area contributed by atoms with Crippen LogP contribution in [0.25, 0.3) is 0 Å². The minimum absolute atomic E-state index is 0.694. The first-order valence-electron chi connectivity index (χ1n) is 4.34. The van der Waals surface area contributed by atoms with E-state index in [4.69, 9.17) is 5.11 Å². The Balaban J connectivity index is 2.83. The first-order valence-corrected chi connectivity index (χ1v) is 4.34. The molecule has 0 radical (unpaired) electrons. The molecule has 16 heavy (non-hydrogen) atoms. The van der Waals surface area contributed by atoms with Gasteiger partial charge in [0.15, 0.2) is 0 Å². The highest BCUT2D eigenvalue weighted by molar-refractivity contribution is 6.16. The molecule has 9 nitrogen and oxygen atoms in total. The Morgan fingerprint density at radius 3 is 2.19 bits per heavy atom. The molecule has 4 amide bonds. The van der Waals surface area contributed by atoms with Crippen molar-refractivity contribution < 1.29 is 24.4 Å². The summed E-state index contributed by atoms with van der Waals surface area (Å²) in [5, 5.41) is 22.7. The average molecular weight is 231 g/mol. The van der Waals surface area contributed by atoms with Crippen molar-refractivity contribution in [1.29, 1.82) is 0 Å². The van der Waals surface area contributed by atoms with E-state index in [2.05, 4.69) is 0 Å². The molecule has 0 bridgehead atoms. The van der Waals surface area contributed by atoms with Crippen LogP contribution in [0, 0.1) is 22.0 Å². The minimum Gasteiger partial charge on any atom is -0.396 e. The van der Waals surface area contributed by atoms with E-state index >= 15 is 0 Å². The molecule has 0 aliphatic carbocycles. The number of hydrogen-bond acceptors (Lipinski definition) is 6. The Morgan fingerprint density at radius 2 is 1.81 bits per heavy atom. The maximum absolute atomic E-state index is 11.3. The molecule has 1 aliphatic heterocycles. The second-order valence-electron chi connectivity index (χ2n) is 3.24. The quantitative estimate of drug-likeness (QED) is 0.286. The third kappa shape index (κ3) is 2.51. The number of hydrogen-bond donors (Lipinski definition) is 3. The molecule has 3 N–H and O–H groups in total. The van der Waals surface area contributed by atoms with Gasteiger partial charge in [-0.2, -0.15) is 0 Å². The fourth-order valence-corrected chi connectivity index (χ4v) is 1.42. The van der Waals surface area contributed by atoms with Gasteiger partial charge in [0.1, 0.15) is 5.92 Å². The van der Waals surface area contributed by atoms with Gasteiger partial charge in [-0.25, -0.2) is 4.79 Å². The molecule has 1 atom stereocenters. The van der Waals surface area contributed by atoms with Crippen LogP contribution in [-0.4, -0.2) is 41.0 Å². The number of carbonyl (C=O) groups excluding carboxylic acids is 3. The van der Waals surface area contributed by atoms with Crippen LogP contribution in [0.4, 0.5) is 4.79 Å². The van der Waals surface area contributed by atoms with Crippen molar-refractivity contribution in [3.63, 3.8) is 0 Å². The molecule has 1 rings (SSSR count). The highest BCUT2D eigenvalue weighted by atomic mass is 16.6. The Kier molecular flexibility index (Phi) is 3.51. The van der Waals surface area contributed by atoms with Gasteiger partial charge in [-0.1, -0.05) is 0 Å². The molecule has 0 spiro atoms. The predicted molar refractivity (Wildman–Crippen MR) is 47.6 cm³/mol. The number of aliphatic hydroxyl groups is 1. The summed E-state index contributed by atoms with van der Waals surface area (Å²) in [4.78, 5) is 42.8. The normalized spacial score (nSPS) is 18.9. The Hall–Kier alpha value is -2.03. The van der Waals surface area contributed by atoms with E-state index in [0.717, 1.165) is 0 Å². The molecule has 88 valence electrons. The standard InChI is InChI=1S/C7H9N3O6/c11-2-3(1-10(15)16)4-5(12)8-7(14)9-6(4)13/h3-4,11H,1-2H2,(H2,8,9,12,13,14). The van der Waals surface area contributed by atoms with E-state index in [-0.39, 0.29) is 0 Å². The molecule has 0 aromatic rings. The van der Waals surface area contributed by atoms with Crippen LogP contribution in [0.15, 0.2) is 0 Å². The summed E-state index contributed by atoms with van der Waals surface area (Å²) >= 11 is 0. The van der Waals surface area contributed by atoms with E-state index in [9.17, 15) is 24.5 Å². The van der Waals surface area contributed by atoms with E-state index < -0.39 is 47.8 Å². The summed E-state index contributed by atoms with van der Waals surface area (Å²) in [7, 11) is 0. The lowest BCUT2D eigenvalue weighted by Crippen LogP contribution is -2.58. The number of amides is 4. The predicted octanol–water partition coefficient (Wildman–Crippen LogP) is -2.15. The van der Waals surface area contributed by atoms with Crippen LogP contribution in [0.5, 0.6) is 0 Å². The van der Waals surface area contributed by atoms with Gasteiger partial charge in [0, 0.05) is 4.92 Å². The molecule has 0 aromatic heterocycles. The summed E-state index contributed by atoms with van der Waals surface area (Å²) in [5.74, 6) is -4.44.